The zero-order valence-electron chi connectivity index (χ0n) is 10.2. The molecular weight excluding hydrogens is 302 g/mol. The summed E-state index contributed by atoms with van der Waals surface area (Å²) < 4.78 is 11.3. The predicted molar refractivity (Wildman–Crippen MR) is 81.5 cm³/mol. The number of amides is 1. The van der Waals surface area contributed by atoms with E-state index in [1.807, 2.05) is 11.4 Å². The van der Waals surface area contributed by atoms with Gasteiger partial charge in [0, 0.05) is 33.5 Å². The minimum absolute atomic E-state index is 0.152. The van der Waals surface area contributed by atoms with Gasteiger partial charge >= 0.3 is 0 Å². The minimum Gasteiger partial charge on any atom is -0.321 e. The Morgan fingerprint density at radius 1 is 1.42 bits per heavy atom. The molecule has 0 spiro atoms. The van der Waals surface area contributed by atoms with Gasteiger partial charge in [-0.25, -0.2) is 0 Å². The molecule has 1 heterocycles. The van der Waals surface area contributed by atoms with Crippen molar-refractivity contribution in [1.29, 1.82) is 0 Å². The van der Waals surface area contributed by atoms with E-state index in [4.69, 9.17) is 11.6 Å². The van der Waals surface area contributed by atoms with Gasteiger partial charge in [-0.05, 0) is 35.2 Å². The van der Waals surface area contributed by atoms with E-state index >= 15 is 0 Å². The van der Waals surface area contributed by atoms with Crippen LogP contribution in [0.2, 0.25) is 5.02 Å². The van der Waals surface area contributed by atoms with Crippen LogP contribution in [-0.4, -0.2) is 16.4 Å². The highest BCUT2D eigenvalue weighted by atomic mass is 35.5. The first-order chi connectivity index (χ1) is 9.06. The largest absolute Gasteiger partial charge is 0.321 e. The van der Waals surface area contributed by atoms with Crippen molar-refractivity contribution in [3.63, 3.8) is 0 Å². The van der Waals surface area contributed by atoms with Crippen LogP contribution < -0.4 is 5.32 Å². The summed E-state index contributed by atoms with van der Waals surface area (Å²) in [4.78, 5) is 12.5. The lowest BCUT2D eigenvalue weighted by Gasteiger charge is -2.07. The molecule has 0 unspecified atom stereocenters. The van der Waals surface area contributed by atoms with Gasteiger partial charge in [0.25, 0.3) is 5.91 Å². The van der Waals surface area contributed by atoms with Gasteiger partial charge < -0.3 is 5.32 Å². The van der Waals surface area contributed by atoms with Crippen molar-refractivity contribution in [1.82, 2.24) is 0 Å². The smallest absolute Gasteiger partial charge is 0.265 e. The van der Waals surface area contributed by atoms with Gasteiger partial charge in [0.2, 0.25) is 0 Å². The minimum atomic E-state index is -0.972. The molecule has 1 N–H and O–H groups in total. The molecule has 1 atom stereocenters. The highest BCUT2D eigenvalue weighted by Gasteiger charge is 2.09. The van der Waals surface area contributed by atoms with Gasteiger partial charge in [-0.15, -0.1) is 11.3 Å². The Kier molecular flexibility index (Phi) is 4.74. The van der Waals surface area contributed by atoms with E-state index < -0.39 is 10.8 Å². The first-order valence-corrected chi connectivity index (χ1v) is 8.48. The van der Waals surface area contributed by atoms with E-state index in [2.05, 4.69) is 5.32 Å². The summed E-state index contributed by atoms with van der Waals surface area (Å²) in [5.41, 5.74) is 1.43. The molecule has 0 saturated carbocycles. The summed E-state index contributed by atoms with van der Waals surface area (Å²) in [6, 6.07) is 8.78. The lowest BCUT2D eigenvalue weighted by Crippen LogP contribution is -2.10. The van der Waals surface area contributed by atoms with E-state index in [-0.39, 0.29) is 5.91 Å². The van der Waals surface area contributed by atoms with Crippen LogP contribution in [0.3, 0.4) is 0 Å². The van der Waals surface area contributed by atoms with Crippen molar-refractivity contribution in [3.05, 3.63) is 51.2 Å². The molecule has 0 saturated heterocycles. The van der Waals surface area contributed by atoms with E-state index in [0.717, 1.165) is 5.56 Å². The number of hydrogen-bond donors (Lipinski definition) is 1. The monoisotopic (exact) mass is 313 g/mol. The molecule has 3 nitrogen and oxygen atoms in total. The summed E-state index contributed by atoms with van der Waals surface area (Å²) in [6.45, 7) is 0. The second kappa shape index (κ2) is 6.32. The first kappa shape index (κ1) is 14.2. The van der Waals surface area contributed by atoms with Crippen LogP contribution in [0.1, 0.15) is 15.2 Å². The summed E-state index contributed by atoms with van der Waals surface area (Å²) in [5, 5.41) is 5.21. The van der Waals surface area contributed by atoms with E-state index in [1.54, 1.807) is 30.5 Å². The standard InChI is InChI=1S/C13H12ClNO2S2/c1-19(17)8-9-7-10(4-5-11(9)14)15-13(16)12-3-2-6-18-12/h2-7H,8H2,1H3,(H,15,16)/t19-/m1/s1. The Bertz CT molecular complexity index is 611. The van der Waals surface area contributed by atoms with Crippen molar-refractivity contribution in [2.24, 2.45) is 0 Å². The predicted octanol–water partition coefficient (Wildman–Crippen LogP) is 3.53. The van der Waals surface area contributed by atoms with Crippen LogP contribution in [0, 0.1) is 0 Å². The number of carbonyl (C=O) groups excluding carboxylic acids is 1. The third-order valence-corrected chi connectivity index (χ3v) is 4.36. The molecule has 100 valence electrons. The first-order valence-electron chi connectivity index (χ1n) is 5.49. The molecule has 1 aromatic carbocycles. The Balaban J connectivity index is 2.17. The normalized spacial score (nSPS) is 12.1. The molecule has 0 aliphatic carbocycles. The van der Waals surface area contributed by atoms with Crippen LogP contribution >= 0.6 is 22.9 Å². The highest BCUT2D eigenvalue weighted by Crippen LogP contribution is 2.22. The second-order valence-corrected chi connectivity index (χ2v) is 6.75. The summed E-state index contributed by atoms with van der Waals surface area (Å²) >= 11 is 7.41. The molecule has 0 aliphatic heterocycles. The third-order valence-electron chi connectivity index (χ3n) is 2.41. The summed E-state index contributed by atoms with van der Waals surface area (Å²) in [5.74, 6) is 0.225. The summed E-state index contributed by atoms with van der Waals surface area (Å²) in [7, 11) is -0.972. The van der Waals surface area contributed by atoms with E-state index in [9.17, 15) is 9.00 Å². The number of anilines is 1. The van der Waals surface area contributed by atoms with Crippen molar-refractivity contribution >= 4 is 45.3 Å². The SMILES string of the molecule is C[S@@](=O)Cc1cc(NC(=O)c2cccs2)ccc1Cl. The number of rotatable bonds is 4. The van der Waals surface area contributed by atoms with Gasteiger partial charge in [0.05, 0.1) is 4.88 Å². The maximum Gasteiger partial charge on any atom is 0.265 e. The van der Waals surface area contributed by atoms with Crippen LogP contribution in [-0.2, 0) is 16.6 Å². The Morgan fingerprint density at radius 2 is 2.21 bits per heavy atom. The maximum atomic E-state index is 11.9. The fraction of sp³-hybridized carbons (Fsp3) is 0.154. The molecule has 0 radical (unpaired) electrons. The maximum absolute atomic E-state index is 11.9. The molecule has 2 aromatic rings. The molecule has 6 heteroatoms. The average molecular weight is 314 g/mol. The Morgan fingerprint density at radius 3 is 2.84 bits per heavy atom. The van der Waals surface area contributed by atoms with Crippen LogP contribution in [0.25, 0.3) is 0 Å². The van der Waals surface area contributed by atoms with E-state index in [0.29, 0.717) is 21.3 Å². The lowest BCUT2D eigenvalue weighted by molar-refractivity contribution is 0.103. The topological polar surface area (TPSA) is 46.2 Å². The highest BCUT2D eigenvalue weighted by molar-refractivity contribution is 7.83. The van der Waals surface area contributed by atoms with Gasteiger partial charge in [0.1, 0.15) is 0 Å². The quantitative estimate of drug-likeness (QED) is 0.938. The molecule has 0 fully saturated rings. The van der Waals surface area contributed by atoms with Crippen molar-refractivity contribution in [3.8, 4) is 0 Å². The Hall–Kier alpha value is -1.17. The fourth-order valence-electron chi connectivity index (χ4n) is 1.58. The Labute approximate surface area is 123 Å². The molecular formula is C13H12ClNO2S2. The zero-order chi connectivity index (χ0) is 13.8. The third kappa shape index (κ3) is 3.89. The lowest BCUT2D eigenvalue weighted by atomic mass is 10.2. The fourth-order valence-corrected chi connectivity index (χ4v) is 3.14. The number of thiophene rings is 1. The number of nitrogens with one attached hydrogen (secondary N) is 1. The van der Waals surface area contributed by atoms with Crippen LogP contribution in [0.4, 0.5) is 5.69 Å². The van der Waals surface area contributed by atoms with Crippen LogP contribution in [0.15, 0.2) is 35.7 Å². The molecule has 0 aliphatic rings. The van der Waals surface area contributed by atoms with Gasteiger partial charge in [-0.1, -0.05) is 17.7 Å². The van der Waals surface area contributed by atoms with Crippen LogP contribution in [0.5, 0.6) is 0 Å². The zero-order valence-corrected chi connectivity index (χ0v) is 12.6. The number of benzene rings is 1. The average Bonchev–Trinajstić information content (AvgIpc) is 2.86. The number of hydrogen-bond acceptors (Lipinski definition) is 3. The molecule has 1 amide bonds. The van der Waals surface area contributed by atoms with E-state index in [1.165, 1.54) is 11.3 Å². The van der Waals surface area contributed by atoms with Crippen molar-refractivity contribution < 1.29 is 9.00 Å². The van der Waals surface area contributed by atoms with Crippen molar-refractivity contribution in [2.45, 2.75) is 5.75 Å². The van der Waals surface area contributed by atoms with Crippen molar-refractivity contribution in [2.75, 3.05) is 11.6 Å². The second-order valence-electron chi connectivity index (χ2n) is 3.96. The molecule has 1 aromatic heterocycles. The number of halogens is 1. The van der Waals surface area contributed by atoms with Gasteiger partial charge in [-0.2, -0.15) is 0 Å². The summed E-state index contributed by atoms with van der Waals surface area (Å²) in [6.07, 6.45) is 1.62. The van der Waals surface area contributed by atoms with Gasteiger partial charge in [0.15, 0.2) is 0 Å². The van der Waals surface area contributed by atoms with Gasteiger partial charge in [-0.3, -0.25) is 9.00 Å². The molecule has 19 heavy (non-hydrogen) atoms. The number of carbonyl (C=O) groups is 1. The molecule has 0 bridgehead atoms. The molecule has 2 rings (SSSR count).